The van der Waals surface area contributed by atoms with Crippen molar-refractivity contribution in [3.63, 3.8) is 0 Å². The zero-order chi connectivity index (χ0) is 32.0. The van der Waals surface area contributed by atoms with Gasteiger partial charge in [-0.3, -0.25) is 9.59 Å². The van der Waals surface area contributed by atoms with Crippen molar-refractivity contribution >= 4 is 23.4 Å². The number of nitrogens with two attached hydrogens (primary N) is 1. The lowest BCUT2D eigenvalue weighted by molar-refractivity contribution is -0.119. The minimum absolute atomic E-state index is 0.0635. The summed E-state index contributed by atoms with van der Waals surface area (Å²) in [6, 6.07) is 26.2. The smallest absolute Gasteiger partial charge is 0.255 e. The second-order valence-corrected chi connectivity index (χ2v) is 11.7. The second-order valence-electron chi connectivity index (χ2n) is 11.3. The molecule has 234 valence electrons. The summed E-state index contributed by atoms with van der Waals surface area (Å²) in [6.07, 6.45) is 4.59. The maximum absolute atomic E-state index is 13.7. The van der Waals surface area contributed by atoms with Crippen molar-refractivity contribution < 1.29 is 18.7 Å². The number of fused-ring (bicyclic) bond motifs is 1. The molecule has 6 rings (SSSR count). The number of halogens is 2. The van der Waals surface area contributed by atoms with E-state index in [4.69, 9.17) is 22.1 Å². The van der Waals surface area contributed by atoms with Gasteiger partial charge in [0.25, 0.3) is 5.91 Å². The molecule has 4 aromatic carbocycles. The average Bonchev–Trinajstić information content (AvgIpc) is 3.51. The van der Waals surface area contributed by atoms with Gasteiger partial charge in [-0.05, 0) is 52.6 Å². The lowest BCUT2D eigenvalue weighted by Crippen LogP contribution is -2.46. The van der Waals surface area contributed by atoms with Gasteiger partial charge in [-0.15, -0.1) is 0 Å². The molecule has 1 aliphatic rings. The number of aromatic nitrogens is 2. The van der Waals surface area contributed by atoms with Gasteiger partial charge in [0.2, 0.25) is 5.91 Å². The molecular formula is C36H33ClFN5O3. The van der Waals surface area contributed by atoms with Crippen LogP contribution in [0.2, 0.25) is 5.02 Å². The van der Waals surface area contributed by atoms with E-state index in [1.807, 2.05) is 48.7 Å². The molecule has 2 atom stereocenters. The molecule has 0 bridgehead atoms. The number of primary amides is 1. The first-order chi connectivity index (χ1) is 22.3. The number of benzene rings is 4. The van der Waals surface area contributed by atoms with E-state index in [0.717, 1.165) is 33.5 Å². The zero-order valence-electron chi connectivity index (χ0n) is 25.0. The average molecular weight is 638 g/mol. The number of hydrogen-bond acceptors (Lipinski definition) is 5. The molecule has 10 heteroatoms. The van der Waals surface area contributed by atoms with Crippen LogP contribution in [0.4, 0.5) is 4.39 Å². The van der Waals surface area contributed by atoms with E-state index in [2.05, 4.69) is 20.2 Å². The van der Waals surface area contributed by atoms with Gasteiger partial charge in [0.1, 0.15) is 17.6 Å². The molecule has 2 amide bonds. The maximum atomic E-state index is 13.7. The Bertz CT molecular complexity index is 1840. The van der Waals surface area contributed by atoms with Crippen LogP contribution in [-0.2, 0) is 24.3 Å². The molecule has 8 nitrogen and oxygen atoms in total. The third kappa shape index (κ3) is 7.28. The molecule has 2 heterocycles. The Balaban J connectivity index is 1.11. The van der Waals surface area contributed by atoms with Gasteiger partial charge in [-0.2, -0.15) is 0 Å². The third-order valence-electron chi connectivity index (χ3n) is 8.11. The Hall–Kier alpha value is -4.99. The summed E-state index contributed by atoms with van der Waals surface area (Å²) >= 11 is 5.98. The fourth-order valence-corrected chi connectivity index (χ4v) is 5.79. The normalized spacial score (nSPS) is 14.6. The van der Waals surface area contributed by atoms with Crippen molar-refractivity contribution in [2.45, 2.75) is 38.0 Å². The van der Waals surface area contributed by atoms with Gasteiger partial charge in [0, 0.05) is 48.8 Å². The monoisotopic (exact) mass is 637 g/mol. The predicted octanol–water partition coefficient (Wildman–Crippen LogP) is 5.83. The first kappa shape index (κ1) is 31.0. The van der Waals surface area contributed by atoms with Crippen molar-refractivity contribution in [3.05, 3.63) is 142 Å². The maximum Gasteiger partial charge on any atom is 0.255 e. The van der Waals surface area contributed by atoms with E-state index in [9.17, 15) is 14.0 Å². The van der Waals surface area contributed by atoms with Gasteiger partial charge >= 0.3 is 0 Å². The van der Waals surface area contributed by atoms with Crippen molar-refractivity contribution in [2.24, 2.45) is 5.73 Å². The standard InChI is InChI=1S/C36H33ClFN5O3/c37-27-13-9-23(10-14-27)17-33(35(39)44)42-36(45)31-6-2-5-30-32(15-16-46-34(30)31)41-20-29-19-40-22-43(29)21-24-7-11-25(12-8-24)26-3-1-4-28(38)18-26/h1-14,18-19,22,32-33,41H,15-17,20-21H2,(H2,39,44)(H,42,45). The second kappa shape index (κ2) is 14.0. The number of carbonyl (C=O) groups is 2. The fourth-order valence-electron chi connectivity index (χ4n) is 5.66. The highest BCUT2D eigenvalue weighted by atomic mass is 35.5. The SMILES string of the molecule is NC(=O)C(Cc1ccc(Cl)cc1)NC(=O)c1cccc2c1OCCC2NCc1cncn1Cc1ccc(-c2cccc(F)c2)cc1. The minimum atomic E-state index is -0.903. The molecule has 5 aromatic rings. The molecule has 1 aliphatic heterocycles. The molecule has 0 spiro atoms. The van der Waals surface area contributed by atoms with Crippen LogP contribution >= 0.6 is 11.6 Å². The quantitative estimate of drug-likeness (QED) is 0.169. The largest absolute Gasteiger partial charge is 0.492 e. The molecule has 0 radical (unpaired) electrons. The molecule has 46 heavy (non-hydrogen) atoms. The number of amides is 2. The predicted molar refractivity (Wildman–Crippen MR) is 175 cm³/mol. The topological polar surface area (TPSA) is 111 Å². The molecule has 0 aliphatic carbocycles. The van der Waals surface area contributed by atoms with Crippen LogP contribution in [0.15, 0.2) is 104 Å². The molecule has 0 saturated carbocycles. The van der Waals surface area contributed by atoms with E-state index in [0.29, 0.717) is 42.5 Å². The summed E-state index contributed by atoms with van der Waals surface area (Å²) in [7, 11) is 0. The molecule has 4 N–H and O–H groups in total. The summed E-state index contributed by atoms with van der Waals surface area (Å²) < 4.78 is 21.7. The van der Waals surface area contributed by atoms with Gasteiger partial charge in [-0.25, -0.2) is 9.37 Å². The summed E-state index contributed by atoms with van der Waals surface area (Å²) in [5, 5.41) is 6.98. The van der Waals surface area contributed by atoms with Crippen molar-refractivity contribution in [2.75, 3.05) is 6.61 Å². The summed E-state index contributed by atoms with van der Waals surface area (Å²) in [4.78, 5) is 30.0. The minimum Gasteiger partial charge on any atom is -0.492 e. The van der Waals surface area contributed by atoms with Crippen LogP contribution in [0.25, 0.3) is 11.1 Å². The number of carbonyl (C=O) groups excluding carboxylic acids is 2. The van der Waals surface area contributed by atoms with Crippen LogP contribution in [-0.4, -0.2) is 34.0 Å². The Kier molecular flexibility index (Phi) is 9.42. The molecular weight excluding hydrogens is 605 g/mol. The van der Waals surface area contributed by atoms with Crippen LogP contribution in [0.3, 0.4) is 0 Å². The highest BCUT2D eigenvalue weighted by Crippen LogP contribution is 2.35. The lowest BCUT2D eigenvalue weighted by atomic mass is 9.96. The van der Waals surface area contributed by atoms with E-state index in [1.165, 1.54) is 12.1 Å². The van der Waals surface area contributed by atoms with Gasteiger partial charge < -0.3 is 25.7 Å². The van der Waals surface area contributed by atoms with Crippen LogP contribution in [0.5, 0.6) is 5.75 Å². The van der Waals surface area contributed by atoms with Crippen molar-refractivity contribution in [1.82, 2.24) is 20.2 Å². The Morgan fingerprint density at radius 3 is 2.52 bits per heavy atom. The number of imidazole rings is 1. The Morgan fingerprint density at radius 1 is 1.00 bits per heavy atom. The molecule has 0 fully saturated rings. The van der Waals surface area contributed by atoms with Crippen LogP contribution in [0, 0.1) is 5.82 Å². The summed E-state index contributed by atoms with van der Waals surface area (Å²) in [5.74, 6) is -0.833. The lowest BCUT2D eigenvalue weighted by Gasteiger charge is -2.28. The number of para-hydroxylation sites is 1. The highest BCUT2D eigenvalue weighted by Gasteiger charge is 2.28. The first-order valence-electron chi connectivity index (χ1n) is 15.0. The number of hydrogen-bond donors (Lipinski definition) is 3. The Morgan fingerprint density at radius 2 is 1.76 bits per heavy atom. The number of nitrogens with zero attached hydrogens (tertiary/aromatic N) is 2. The number of nitrogens with one attached hydrogen (secondary N) is 2. The number of rotatable bonds is 11. The Labute approximate surface area is 271 Å². The van der Waals surface area contributed by atoms with E-state index in [1.54, 1.807) is 42.7 Å². The van der Waals surface area contributed by atoms with Crippen LogP contribution < -0.4 is 21.1 Å². The third-order valence-corrected chi connectivity index (χ3v) is 8.37. The fraction of sp³-hybridized carbons (Fsp3) is 0.194. The van der Waals surface area contributed by atoms with E-state index < -0.39 is 17.9 Å². The van der Waals surface area contributed by atoms with Gasteiger partial charge in [0.05, 0.1) is 24.2 Å². The van der Waals surface area contributed by atoms with E-state index >= 15 is 0 Å². The highest BCUT2D eigenvalue weighted by molar-refractivity contribution is 6.30. The van der Waals surface area contributed by atoms with Crippen LogP contribution in [0.1, 0.15) is 45.2 Å². The van der Waals surface area contributed by atoms with Crippen molar-refractivity contribution in [1.29, 1.82) is 0 Å². The first-order valence-corrected chi connectivity index (χ1v) is 15.4. The van der Waals surface area contributed by atoms with E-state index in [-0.39, 0.29) is 18.3 Å². The number of ether oxygens (including phenoxy) is 1. The molecule has 0 saturated heterocycles. The zero-order valence-corrected chi connectivity index (χ0v) is 25.7. The van der Waals surface area contributed by atoms with Gasteiger partial charge in [0.15, 0.2) is 0 Å². The molecule has 1 aromatic heterocycles. The van der Waals surface area contributed by atoms with Crippen molar-refractivity contribution in [3.8, 4) is 16.9 Å². The van der Waals surface area contributed by atoms with Gasteiger partial charge in [-0.1, -0.05) is 72.3 Å². The summed E-state index contributed by atoms with van der Waals surface area (Å²) in [6.45, 7) is 1.61. The molecule has 2 unspecified atom stereocenters. The summed E-state index contributed by atoms with van der Waals surface area (Å²) in [5.41, 5.74) is 11.6.